The van der Waals surface area contributed by atoms with E-state index in [0.29, 0.717) is 24.9 Å². The van der Waals surface area contributed by atoms with Crippen molar-refractivity contribution in [2.45, 2.75) is 19.4 Å². The maximum Gasteiger partial charge on any atom is 0.325 e. The SMILES string of the molecule is COc1ccnc(N2CCN(CCN3C(=O)NC(C)(C)C3=O)CC2)n1. The van der Waals surface area contributed by atoms with Gasteiger partial charge in [0.15, 0.2) is 0 Å². The lowest BCUT2D eigenvalue weighted by Gasteiger charge is -2.35. The summed E-state index contributed by atoms with van der Waals surface area (Å²) in [5.41, 5.74) is -0.806. The smallest absolute Gasteiger partial charge is 0.325 e. The summed E-state index contributed by atoms with van der Waals surface area (Å²) in [4.78, 5) is 38.4. The minimum absolute atomic E-state index is 0.166. The van der Waals surface area contributed by atoms with Crippen molar-refractivity contribution in [2.75, 3.05) is 51.3 Å². The van der Waals surface area contributed by atoms with Crippen LogP contribution in [-0.4, -0.2) is 83.6 Å². The van der Waals surface area contributed by atoms with Gasteiger partial charge >= 0.3 is 6.03 Å². The van der Waals surface area contributed by atoms with Crippen molar-refractivity contribution in [1.29, 1.82) is 0 Å². The lowest BCUT2D eigenvalue weighted by Crippen LogP contribution is -2.49. The molecule has 0 aromatic carbocycles. The maximum atomic E-state index is 12.2. The Morgan fingerprint density at radius 2 is 1.92 bits per heavy atom. The number of ether oxygens (including phenoxy) is 1. The normalized spacial score (nSPS) is 20.8. The molecule has 0 unspecified atom stereocenters. The van der Waals surface area contributed by atoms with Gasteiger partial charge in [0, 0.05) is 51.5 Å². The number of piperazine rings is 1. The first-order valence-electron chi connectivity index (χ1n) is 8.39. The average molecular weight is 348 g/mol. The number of rotatable bonds is 5. The number of hydrogen-bond donors (Lipinski definition) is 1. The summed E-state index contributed by atoms with van der Waals surface area (Å²) in [6.45, 7) is 7.75. The maximum absolute atomic E-state index is 12.2. The van der Waals surface area contributed by atoms with Crippen LogP contribution in [0, 0.1) is 0 Å². The van der Waals surface area contributed by atoms with E-state index in [2.05, 4.69) is 25.1 Å². The van der Waals surface area contributed by atoms with Crippen molar-refractivity contribution in [3.05, 3.63) is 12.3 Å². The van der Waals surface area contributed by atoms with E-state index in [9.17, 15) is 9.59 Å². The number of carbonyl (C=O) groups excluding carboxylic acids is 2. The van der Waals surface area contributed by atoms with Crippen LogP contribution in [0.4, 0.5) is 10.7 Å². The van der Waals surface area contributed by atoms with Crippen LogP contribution in [0.1, 0.15) is 13.8 Å². The van der Waals surface area contributed by atoms with Gasteiger partial charge in [-0.1, -0.05) is 0 Å². The summed E-state index contributed by atoms with van der Waals surface area (Å²) in [7, 11) is 1.58. The van der Waals surface area contributed by atoms with E-state index < -0.39 is 5.54 Å². The van der Waals surface area contributed by atoms with E-state index in [0.717, 1.165) is 26.2 Å². The second-order valence-electron chi connectivity index (χ2n) is 6.74. The van der Waals surface area contributed by atoms with Gasteiger partial charge < -0.3 is 15.0 Å². The molecule has 1 aromatic heterocycles. The molecule has 2 fully saturated rings. The number of carbonyl (C=O) groups is 2. The molecule has 0 saturated carbocycles. The highest BCUT2D eigenvalue weighted by Gasteiger charge is 2.44. The van der Waals surface area contributed by atoms with Crippen LogP contribution < -0.4 is 15.0 Å². The number of urea groups is 1. The largest absolute Gasteiger partial charge is 0.481 e. The fourth-order valence-corrected chi connectivity index (χ4v) is 3.03. The summed E-state index contributed by atoms with van der Waals surface area (Å²) < 4.78 is 5.14. The Morgan fingerprint density at radius 3 is 2.52 bits per heavy atom. The molecule has 2 saturated heterocycles. The molecule has 0 spiro atoms. The van der Waals surface area contributed by atoms with Crippen LogP contribution in [-0.2, 0) is 4.79 Å². The highest BCUT2D eigenvalue weighted by Crippen LogP contribution is 2.17. The Hall–Kier alpha value is -2.42. The highest BCUT2D eigenvalue weighted by molar-refractivity contribution is 6.06. The number of nitrogens with zero attached hydrogens (tertiary/aromatic N) is 5. The first-order valence-corrected chi connectivity index (χ1v) is 8.39. The highest BCUT2D eigenvalue weighted by atomic mass is 16.5. The average Bonchev–Trinajstić information content (AvgIpc) is 2.81. The van der Waals surface area contributed by atoms with Crippen LogP contribution in [0.3, 0.4) is 0 Å². The van der Waals surface area contributed by atoms with E-state index in [1.807, 2.05) is 0 Å². The van der Waals surface area contributed by atoms with Crippen LogP contribution in [0.15, 0.2) is 12.3 Å². The van der Waals surface area contributed by atoms with Gasteiger partial charge in [0.25, 0.3) is 5.91 Å². The third-order valence-electron chi connectivity index (χ3n) is 4.57. The molecule has 2 aliphatic heterocycles. The van der Waals surface area contributed by atoms with Crippen LogP contribution in [0.25, 0.3) is 0 Å². The number of anilines is 1. The fourth-order valence-electron chi connectivity index (χ4n) is 3.03. The summed E-state index contributed by atoms with van der Waals surface area (Å²) in [5, 5.41) is 2.70. The molecule has 1 aromatic rings. The van der Waals surface area contributed by atoms with Crippen molar-refractivity contribution in [1.82, 2.24) is 25.1 Å². The lowest BCUT2D eigenvalue weighted by molar-refractivity contribution is -0.130. The number of nitrogens with one attached hydrogen (secondary N) is 1. The van der Waals surface area contributed by atoms with E-state index in [-0.39, 0.29) is 11.9 Å². The standard InChI is InChI=1S/C16H24N6O3/c1-16(2)13(23)22(15(24)19-16)11-8-20-6-9-21(10-7-20)14-17-5-4-12(18-14)25-3/h4-5H,6-11H2,1-3H3,(H,19,24). The molecule has 0 radical (unpaired) electrons. The second-order valence-corrected chi connectivity index (χ2v) is 6.74. The monoisotopic (exact) mass is 348 g/mol. The number of hydrogen-bond acceptors (Lipinski definition) is 7. The molecule has 0 aliphatic carbocycles. The van der Waals surface area contributed by atoms with Gasteiger partial charge in [0.05, 0.1) is 7.11 Å². The number of imide groups is 1. The Labute approximate surface area is 147 Å². The number of methoxy groups -OCH3 is 1. The third kappa shape index (κ3) is 3.65. The molecular formula is C16H24N6O3. The second kappa shape index (κ2) is 6.83. The van der Waals surface area contributed by atoms with Crippen LogP contribution in [0.5, 0.6) is 5.88 Å². The van der Waals surface area contributed by atoms with Crippen LogP contribution in [0.2, 0.25) is 0 Å². The van der Waals surface area contributed by atoms with E-state index >= 15 is 0 Å². The quantitative estimate of drug-likeness (QED) is 0.745. The minimum atomic E-state index is -0.806. The zero-order valence-electron chi connectivity index (χ0n) is 14.9. The van der Waals surface area contributed by atoms with Crippen molar-refractivity contribution in [2.24, 2.45) is 0 Å². The summed E-state index contributed by atoms with van der Waals surface area (Å²) in [6.07, 6.45) is 1.69. The van der Waals surface area contributed by atoms with E-state index in [1.165, 1.54) is 4.90 Å². The Bertz CT molecular complexity index is 657. The van der Waals surface area contributed by atoms with E-state index in [4.69, 9.17) is 4.74 Å². The van der Waals surface area contributed by atoms with Gasteiger partial charge in [-0.3, -0.25) is 14.6 Å². The molecule has 3 rings (SSSR count). The van der Waals surface area contributed by atoms with E-state index in [1.54, 1.807) is 33.2 Å². The molecule has 2 aliphatic rings. The number of amides is 3. The van der Waals surface area contributed by atoms with Gasteiger partial charge in [0.1, 0.15) is 5.54 Å². The molecule has 1 N–H and O–H groups in total. The Kier molecular flexibility index (Phi) is 4.76. The number of aromatic nitrogens is 2. The Balaban J connectivity index is 1.50. The molecular weight excluding hydrogens is 324 g/mol. The topological polar surface area (TPSA) is 90.9 Å². The molecule has 136 valence electrons. The zero-order valence-corrected chi connectivity index (χ0v) is 14.9. The molecule has 0 bridgehead atoms. The minimum Gasteiger partial charge on any atom is -0.481 e. The lowest BCUT2D eigenvalue weighted by atomic mass is 10.1. The fraction of sp³-hybridized carbons (Fsp3) is 0.625. The van der Waals surface area contributed by atoms with Crippen LogP contribution >= 0.6 is 0 Å². The molecule has 3 amide bonds. The van der Waals surface area contributed by atoms with Gasteiger partial charge in [-0.05, 0) is 13.8 Å². The van der Waals surface area contributed by atoms with Crippen molar-refractivity contribution < 1.29 is 14.3 Å². The molecule has 0 atom stereocenters. The molecule has 3 heterocycles. The summed E-state index contributed by atoms with van der Waals surface area (Å²) in [5.74, 6) is 1.05. The first kappa shape index (κ1) is 17.4. The van der Waals surface area contributed by atoms with Crippen molar-refractivity contribution >= 4 is 17.9 Å². The van der Waals surface area contributed by atoms with Gasteiger partial charge in [0.2, 0.25) is 11.8 Å². The first-order chi connectivity index (χ1) is 11.9. The molecule has 25 heavy (non-hydrogen) atoms. The van der Waals surface area contributed by atoms with Crippen molar-refractivity contribution in [3.8, 4) is 5.88 Å². The molecule has 9 nitrogen and oxygen atoms in total. The summed E-state index contributed by atoms with van der Waals surface area (Å²) >= 11 is 0. The summed E-state index contributed by atoms with van der Waals surface area (Å²) in [6, 6.07) is 1.41. The zero-order chi connectivity index (χ0) is 18.0. The predicted octanol–water partition coefficient (Wildman–Crippen LogP) is -0.0624. The third-order valence-corrected chi connectivity index (χ3v) is 4.57. The molecule has 9 heteroatoms. The Morgan fingerprint density at radius 1 is 1.20 bits per heavy atom. The van der Waals surface area contributed by atoms with Crippen molar-refractivity contribution in [3.63, 3.8) is 0 Å². The van der Waals surface area contributed by atoms with Gasteiger partial charge in [-0.25, -0.2) is 9.78 Å². The van der Waals surface area contributed by atoms with Gasteiger partial charge in [-0.15, -0.1) is 0 Å². The predicted molar refractivity (Wildman–Crippen MR) is 91.6 cm³/mol. The van der Waals surface area contributed by atoms with Gasteiger partial charge in [-0.2, -0.15) is 4.98 Å².